The maximum atomic E-state index is 14.0. The second-order valence-corrected chi connectivity index (χ2v) is 7.27. The number of rotatable bonds is 3. The summed E-state index contributed by atoms with van der Waals surface area (Å²) in [6, 6.07) is 9.52. The minimum atomic E-state index is -0.610. The Morgan fingerprint density at radius 1 is 1.00 bits per heavy atom. The highest BCUT2D eigenvalue weighted by Gasteiger charge is 2.22. The summed E-state index contributed by atoms with van der Waals surface area (Å²) in [5, 5.41) is 0.505. The molecular weight excluding hydrogens is 391 g/mol. The van der Waals surface area contributed by atoms with E-state index in [9.17, 15) is 8.78 Å². The highest BCUT2D eigenvalue weighted by Crippen LogP contribution is 2.27. The van der Waals surface area contributed by atoms with Crippen LogP contribution in [-0.4, -0.2) is 21.4 Å². The van der Waals surface area contributed by atoms with Crippen molar-refractivity contribution in [3.05, 3.63) is 81.1 Å². The molecule has 0 fully saturated rings. The van der Waals surface area contributed by atoms with Gasteiger partial charge in [-0.2, -0.15) is 0 Å². The van der Waals surface area contributed by atoms with Crippen LogP contribution in [0.2, 0.25) is 10.0 Å². The van der Waals surface area contributed by atoms with Crippen LogP contribution in [0.25, 0.3) is 11.4 Å². The van der Waals surface area contributed by atoms with E-state index >= 15 is 0 Å². The summed E-state index contributed by atoms with van der Waals surface area (Å²) >= 11 is 11.9. The Kier molecular flexibility index (Phi) is 5.08. The van der Waals surface area contributed by atoms with E-state index in [1.54, 1.807) is 18.3 Å². The molecule has 1 aliphatic rings. The van der Waals surface area contributed by atoms with Gasteiger partial charge in [-0.25, -0.2) is 18.7 Å². The third kappa shape index (κ3) is 3.81. The largest absolute Gasteiger partial charge is 0.294 e. The van der Waals surface area contributed by atoms with E-state index in [1.165, 1.54) is 0 Å². The van der Waals surface area contributed by atoms with Gasteiger partial charge in [0.25, 0.3) is 0 Å². The molecule has 4 rings (SSSR count). The molecule has 1 aromatic heterocycles. The maximum Gasteiger partial charge on any atom is 0.159 e. The lowest BCUT2D eigenvalue weighted by Gasteiger charge is -2.28. The predicted octanol–water partition coefficient (Wildman–Crippen LogP) is 5.29. The van der Waals surface area contributed by atoms with E-state index in [2.05, 4.69) is 9.97 Å². The first-order valence-electron chi connectivity index (χ1n) is 8.47. The molecule has 0 saturated carbocycles. The molecule has 138 valence electrons. The number of fused-ring (bicyclic) bond motifs is 1. The zero-order valence-corrected chi connectivity index (χ0v) is 15.7. The molecule has 2 heterocycles. The summed E-state index contributed by atoms with van der Waals surface area (Å²) < 4.78 is 27.7. The number of halogens is 4. The number of aromatic nitrogens is 2. The molecule has 0 aliphatic carbocycles. The van der Waals surface area contributed by atoms with Crippen molar-refractivity contribution in [2.24, 2.45) is 0 Å². The Balaban J connectivity index is 1.54. The number of hydrogen-bond acceptors (Lipinski definition) is 3. The Bertz CT molecular complexity index is 993. The van der Waals surface area contributed by atoms with Crippen LogP contribution >= 0.6 is 23.2 Å². The molecule has 27 heavy (non-hydrogen) atoms. The van der Waals surface area contributed by atoms with Crippen LogP contribution in [0.1, 0.15) is 16.8 Å². The molecule has 0 saturated heterocycles. The summed E-state index contributed by atoms with van der Waals surface area (Å²) in [6.45, 7) is 1.47. The van der Waals surface area contributed by atoms with Crippen LogP contribution in [0, 0.1) is 11.6 Å². The lowest BCUT2D eigenvalue weighted by Crippen LogP contribution is -2.31. The maximum absolute atomic E-state index is 14.0. The van der Waals surface area contributed by atoms with Gasteiger partial charge in [-0.15, -0.1) is 0 Å². The molecule has 0 radical (unpaired) electrons. The standard InChI is InChI=1S/C20H15Cl2F2N3/c21-14-3-1-12(2-4-14)20-25-9-13-10-27(8-7-18(13)26-20)11-15-16(23)5-6-17(24)19(15)22/h1-6,9H,7-8,10-11H2. The molecule has 3 nitrogen and oxygen atoms in total. The van der Waals surface area contributed by atoms with Crippen molar-refractivity contribution in [3.63, 3.8) is 0 Å². The molecular formula is C20H15Cl2F2N3. The zero-order valence-electron chi connectivity index (χ0n) is 14.2. The number of hydrogen-bond donors (Lipinski definition) is 0. The Morgan fingerprint density at radius 2 is 1.74 bits per heavy atom. The van der Waals surface area contributed by atoms with Crippen LogP contribution in [0.5, 0.6) is 0 Å². The minimum Gasteiger partial charge on any atom is -0.294 e. The van der Waals surface area contributed by atoms with Gasteiger partial charge in [-0.3, -0.25) is 4.90 Å². The third-order valence-corrected chi connectivity index (χ3v) is 5.30. The summed E-state index contributed by atoms with van der Waals surface area (Å²) in [4.78, 5) is 11.1. The highest BCUT2D eigenvalue weighted by molar-refractivity contribution is 6.31. The van der Waals surface area contributed by atoms with Crippen LogP contribution in [0.3, 0.4) is 0 Å². The monoisotopic (exact) mass is 405 g/mol. The second kappa shape index (κ2) is 7.50. The van der Waals surface area contributed by atoms with Crippen LogP contribution in [0.15, 0.2) is 42.6 Å². The summed E-state index contributed by atoms with van der Waals surface area (Å²) in [5.41, 5.74) is 3.03. The fourth-order valence-corrected chi connectivity index (χ4v) is 3.52. The van der Waals surface area contributed by atoms with Gasteiger partial charge in [-0.05, 0) is 36.4 Å². The fraction of sp³-hybridized carbons (Fsp3) is 0.200. The fourth-order valence-electron chi connectivity index (χ4n) is 3.19. The zero-order chi connectivity index (χ0) is 19.0. The molecule has 0 atom stereocenters. The average molecular weight is 406 g/mol. The van der Waals surface area contributed by atoms with E-state index in [0.717, 1.165) is 29.0 Å². The lowest BCUT2D eigenvalue weighted by molar-refractivity contribution is 0.239. The van der Waals surface area contributed by atoms with Gasteiger partial charge in [-0.1, -0.05) is 23.2 Å². The summed E-state index contributed by atoms with van der Waals surface area (Å²) in [5.74, 6) is -0.457. The van der Waals surface area contributed by atoms with E-state index in [4.69, 9.17) is 23.2 Å². The van der Waals surface area contributed by atoms with Crippen molar-refractivity contribution in [1.82, 2.24) is 14.9 Å². The Hall–Kier alpha value is -2.08. The van der Waals surface area contributed by atoms with Crippen molar-refractivity contribution >= 4 is 23.2 Å². The molecule has 0 bridgehead atoms. The molecule has 7 heteroatoms. The first kappa shape index (κ1) is 18.3. The van der Waals surface area contributed by atoms with Crippen molar-refractivity contribution in [2.45, 2.75) is 19.5 Å². The number of benzene rings is 2. The van der Waals surface area contributed by atoms with Crippen molar-refractivity contribution in [1.29, 1.82) is 0 Å². The molecule has 2 aromatic carbocycles. The SMILES string of the molecule is Fc1ccc(F)c(CN2CCc3nc(-c4ccc(Cl)cc4)ncc3C2)c1Cl. The molecule has 0 amide bonds. The number of nitrogens with zero attached hydrogens (tertiary/aromatic N) is 3. The van der Waals surface area contributed by atoms with E-state index in [-0.39, 0.29) is 17.1 Å². The van der Waals surface area contributed by atoms with Crippen LogP contribution < -0.4 is 0 Å². The normalized spacial score (nSPS) is 14.2. The van der Waals surface area contributed by atoms with E-state index in [1.807, 2.05) is 17.0 Å². The van der Waals surface area contributed by atoms with Crippen molar-refractivity contribution in [2.75, 3.05) is 6.54 Å². The van der Waals surface area contributed by atoms with Gasteiger partial charge in [0.1, 0.15) is 11.6 Å². The van der Waals surface area contributed by atoms with Gasteiger partial charge in [0.2, 0.25) is 0 Å². The quantitative estimate of drug-likeness (QED) is 0.554. The first-order chi connectivity index (χ1) is 13.0. The second-order valence-electron chi connectivity index (χ2n) is 6.45. The molecule has 1 aliphatic heterocycles. The predicted molar refractivity (Wildman–Crippen MR) is 102 cm³/mol. The molecule has 0 spiro atoms. The van der Waals surface area contributed by atoms with Crippen molar-refractivity contribution in [3.8, 4) is 11.4 Å². The third-order valence-electron chi connectivity index (χ3n) is 4.64. The van der Waals surface area contributed by atoms with Gasteiger partial charge >= 0.3 is 0 Å². The molecule has 0 N–H and O–H groups in total. The smallest absolute Gasteiger partial charge is 0.159 e. The van der Waals surface area contributed by atoms with Crippen LogP contribution in [-0.2, 0) is 19.5 Å². The van der Waals surface area contributed by atoms with E-state index < -0.39 is 11.6 Å². The summed E-state index contributed by atoms with van der Waals surface area (Å²) in [7, 11) is 0. The molecule has 3 aromatic rings. The van der Waals surface area contributed by atoms with Gasteiger partial charge in [0, 0.05) is 54.0 Å². The Morgan fingerprint density at radius 3 is 2.52 bits per heavy atom. The average Bonchev–Trinajstić information content (AvgIpc) is 2.68. The topological polar surface area (TPSA) is 29.0 Å². The Labute approximate surface area is 165 Å². The van der Waals surface area contributed by atoms with Gasteiger partial charge in [0.15, 0.2) is 5.82 Å². The van der Waals surface area contributed by atoms with E-state index in [0.29, 0.717) is 30.4 Å². The minimum absolute atomic E-state index is 0.157. The highest BCUT2D eigenvalue weighted by atomic mass is 35.5. The van der Waals surface area contributed by atoms with Gasteiger partial charge in [0.05, 0.1) is 10.7 Å². The molecule has 0 unspecified atom stereocenters. The van der Waals surface area contributed by atoms with Gasteiger partial charge < -0.3 is 0 Å². The van der Waals surface area contributed by atoms with Crippen molar-refractivity contribution < 1.29 is 8.78 Å². The van der Waals surface area contributed by atoms with Crippen LogP contribution in [0.4, 0.5) is 8.78 Å². The first-order valence-corrected chi connectivity index (χ1v) is 9.22. The lowest BCUT2D eigenvalue weighted by atomic mass is 10.1. The summed E-state index contributed by atoms with van der Waals surface area (Å²) in [6.07, 6.45) is 2.50.